The van der Waals surface area contributed by atoms with Gasteiger partial charge in [-0.3, -0.25) is 0 Å². The second-order valence-corrected chi connectivity index (χ2v) is 4.64. The zero-order valence-corrected chi connectivity index (χ0v) is 9.79. The Kier molecular flexibility index (Phi) is 2.94. The smallest absolute Gasteiger partial charge is 0.335 e. The summed E-state index contributed by atoms with van der Waals surface area (Å²) in [4.78, 5) is 22.3. The van der Waals surface area contributed by atoms with E-state index in [1.165, 1.54) is 0 Å². The van der Waals surface area contributed by atoms with Crippen LogP contribution >= 0.6 is 0 Å². The van der Waals surface area contributed by atoms with Crippen LogP contribution in [-0.2, 0) is 0 Å². The molecule has 5 nitrogen and oxygen atoms in total. The molecule has 3 N–H and O–H groups in total. The van der Waals surface area contributed by atoms with E-state index in [4.69, 9.17) is 5.11 Å². The van der Waals surface area contributed by atoms with Crippen molar-refractivity contribution in [2.75, 3.05) is 5.32 Å². The fourth-order valence-corrected chi connectivity index (χ4v) is 1.49. The number of halogens is 1. The topological polar surface area (TPSA) is 78.4 Å². The highest BCUT2D eigenvalue weighted by molar-refractivity contribution is 5.93. The van der Waals surface area contributed by atoms with Gasteiger partial charge >= 0.3 is 12.0 Å². The van der Waals surface area contributed by atoms with Gasteiger partial charge in [-0.15, -0.1) is 0 Å². The molecule has 6 heteroatoms. The predicted octanol–water partition coefficient (Wildman–Crippen LogP) is 2.20. The molecule has 0 bridgehead atoms. The number of anilines is 1. The summed E-state index contributed by atoms with van der Waals surface area (Å²) in [6.45, 7) is 1.89. The van der Waals surface area contributed by atoms with E-state index in [1.807, 2.05) is 6.92 Å². The van der Waals surface area contributed by atoms with Gasteiger partial charge in [0.2, 0.25) is 0 Å². The third-order valence-corrected chi connectivity index (χ3v) is 2.88. The molecule has 18 heavy (non-hydrogen) atoms. The lowest BCUT2D eigenvalue weighted by atomic mass is 10.2. The predicted molar refractivity (Wildman–Crippen MR) is 63.2 cm³/mol. The minimum atomic E-state index is -1.17. The number of benzene rings is 1. The van der Waals surface area contributed by atoms with E-state index < -0.39 is 17.8 Å². The second-order valence-electron chi connectivity index (χ2n) is 4.64. The fraction of sp³-hybridized carbons (Fsp3) is 0.333. The van der Waals surface area contributed by atoms with Crippen molar-refractivity contribution in [1.29, 1.82) is 0 Å². The van der Waals surface area contributed by atoms with Crippen molar-refractivity contribution < 1.29 is 19.1 Å². The lowest BCUT2D eigenvalue weighted by Crippen LogP contribution is -2.37. The first-order valence-electron chi connectivity index (χ1n) is 5.52. The average molecular weight is 252 g/mol. The van der Waals surface area contributed by atoms with Crippen LogP contribution in [0.2, 0.25) is 0 Å². The van der Waals surface area contributed by atoms with Crippen LogP contribution in [0.15, 0.2) is 18.2 Å². The molecule has 1 aromatic rings. The summed E-state index contributed by atoms with van der Waals surface area (Å²) in [6, 6.07) is 2.71. The van der Waals surface area contributed by atoms with Crippen LogP contribution in [0.3, 0.4) is 0 Å². The standard InChI is InChI=1S/C12H13FN2O3/c1-12(4-5-12)15-11(18)14-9-6-7(10(16)17)2-3-8(9)13/h2-3,6H,4-5H2,1H3,(H,16,17)(H2,14,15,18). The van der Waals surface area contributed by atoms with Gasteiger partial charge in [-0.05, 0) is 38.0 Å². The Labute approximate surface area is 103 Å². The third kappa shape index (κ3) is 2.77. The van der Waals surface area contributed by atoms with E-state index in [9.17, 15) is 14.0 Å². The van der Waals surface area contributed by atoms with Crippen LogP contribution in [-0.4, -0.2) is 22.6 Å². The van der Waals surface area contributed by atoms with E-state index in [-0.39, 0.29) is 16.8 Å². The maximum Gasteiger partial charge on any atom is 0.335 e. The van der Waals surface area contributed by atoms with Gasteiger partial charge in [-0.1, -0.05) is 0 Å². The summed E-state index contributed by atoms with van der Waals surface area (Å²) >= 11 is 0. The first-order chi connectivity index (χ1) is 8.39. The van der Waals surface area contributed by atoms with Gasteiger partial charge in [0, 0.05) is 5.54 Å². The van der Waals surface area contributed by atoms with Crippen LogP contribution in [0.5, 0.6) is 0 Å². The number of carbonyl (C=O) groups excluding carboxylic acids is 1. The van der Waals surface area contributed by atoms with Gasteiger partial charge in [0.1, 0.15) is 5.82 Å². The van der Waals surface area contributed by atoms with Crippen molar-refractivity contribution in [2.24, 2.45) is 0 Å². The van der Waals surface area contributed by atoms with Gasteiger partial charge < -0.3 is 15.7 Å². The monoisotopic (exact) mass is 252 g/mol. The molecule has 1 fully saturated rings. The Morgan fingerprint density at radius 3 is 2.61 bits per heavy atom. The Morgan fingerprint density at radius 1 is 1.39 bits per heavy atom. The molecule has 96 valence electrons. The fourth-order valence-electron chi connectivity index (χ4n) is 1.49. The van der Waals surface area contributed by atoms with Crippen LogP contribution in [0.4, 0.5) is 14.9 Å². The van der Waals surface area contributed by atoms with Crippen molar-refractivity contribution >= 4 is 17.7 Å². The largest absolute Gasteiger partial charge is 0.478 e. The van der Waals surface area contributed by atoms with Gasteiger partial charge in [0.15, 0.2) is 0 Å². The maximum atomic E-state index is 13.4. The van der Waals surface area contributed by atoms with E-state index in [0.717, 1.165) is 31.0 Å². The Bertz CT molecular complexity index is 512. The van der Waals surface area contributed by atoms with Crippen molar-refractivity contribution in [3.8, 4) is 0 Å². The molecule has 0 saturated heterocycles. The van der Waals surface area contributed by atoms with E-state index in [1.54, 1.807) is 0 Å². The first kappa shape index (κ1) is 12.3. The average Bonchev–Trinajstić information content (AvgIpc) is 2.98. The summed E-state index contributed by atoms with van der Waals surface area (Å²) in [5.74, 6) is -1.84. The highest BCUT2D eigenvalue weighted by Crippen LogP contribution is 2.34. The normalized spacial score (nSPS) is 15.9. The lowest BCUT2D eigenvalue weighted by molar-refractivity contribution is 0.0697. The summed E-state index contributed by atoms with van der Waals surface area (Å²) in [7, 11) is 0. The SMILES string of the molecule is CC1(NC(=O)Nc2cc(C(=O)O)ccc2F)CC1. The number of nitrogens with one attached hydrogen (secondary N) is 2. The molecule has 0 aliphatic heterocycles. The number of rotatable bonds is 3. The molecular weight excluding hydrogens is 239 g/mol. The molecule has 1 aliphatic rings. The summed E-state index contributed by atoms with van der Waals surface area (Å²) < 4.78 is 13.4. The number of carbonyl (C=O) groups is 2. The molecule has 0 heterocycles. The Morgan fingerprint density at radius 2 is 2.06 bits per heavy atom. The highest BCUT2D eigenvalue weighted by Gasteiger charge is 2.38. The minimum Gasteiger partial charge on any atom is -0.478 e. The Balaban J connectivity index is 2.10. The van der Waals surface area contributed by atoms with Crippen molar-refractivity contribution in [2.45, 2.75) is 25.3 Å². The number of hydrogen-bond donors (Lipinski definition) is 3. The van der Waals surface area contributed by atoms with E-state index in [2.05, 4.69) is 10.6 Å². The van der Waals surface area contributed by atoms with Crippen molar-refractivity contribution in [3.63, 3.8) is 0 Å². The van der Waals surface area contributed by atoms with Crippen molar-refractivity contribution in [3.05, 3.63) is 29.6 Å². The number of amides is 2. The van der Waals surface area contributed by atoms with Crippen LogP contribution in [0.25, 0.3) is 0 Å². The van der Waals surface area contributed by atoms with E-state index in [0.29, 0.717) is 0 Å². The molecule has 0 atom stereocenters. The van der Waals surface area contributed by atoms with Crippen LogP contribution < -0.4 is 10.6 Å². The number of carboxylic acid groups (broad SMARTS) is 1. The Hall–Kier alpha value is -2.11. The van der Waals surface area contributed by atoms with E-state index >= 15 is 0 Å². The summed E-state index contributed by atoms with van der Waals surface area (Å²) in [6.07, 6.45) is 1.77. The first-order valence-corrected chi connectivity index (χ1v) is 5.52. The van der Waals surface area contributed by atoms with Crippen molar-refractivity contribution in [1.82, 2.24) is 5.32 Å². The molecule has 1 aromatic carbocycles. The molecule has 0 spiro atoms. The third-order valence-electron chi connectivity index (χ3n) is 2.88. The van der Waals surface area contributed by atoms with Gasteiger partial charge in [0.25, 0.3) is 0 Å². The highest BCUT2D eigenvalue weighted by atomic mass is 19.1. The maximum absolute atomic E-state index is 13.4. The minimum absolute atomic E-state index is 0.0793. The molecule has 0 aromatic heterocycles. The number of carboxylic acids is 1. The number of urea groups is 1. The zero-order valence-electron chi connectivity index (χ0n) is 9.79. The molecule has 0 unspecified atom stereocenters. The number of hydrogen-bond acceptors (Lipinski definition) is 2. The molecule has 1 saturated carbocycles. The summed E-state index contributed by atoms with van der Waals surface area (Å²) in [5.41, 5.74) is -0.439. The van der Waals surface area contributed by atoms with Crippen LogP contribution in [0, 0.1) is 5.82 Å². The number of aromatic carboxylic acids is 1. The molecule has 2 amide bonds. The zero-order chi connectivity index (χ0) is 13.3. The van der Waals surface area contributed by atoms with Gasteiger partial charge in [-0.2, -0.15) is 0 Å². The quantitative estimate of drug-likeness (QED) is 0.771. The van der Waals surface area contributed by atoms with Gasteiger partial charge in [0.05, 0.1) is 11.3 Å². The second kappa shape index (κ2) is 4.29. The summed E-state index contributed by atoms with van der Waals surface area (Å²) in [5, 5.41) is 13.8. The molecule has 1 aliphatic carbocycles. The molecule has 2 rings (SSSR count). The molecular formula is C12H13FN2O3. The molecule has 0 radical (unpaired) electrons. The van der Waals surface area contributed by atoms with Crippen LogP contribution in [0.1, 0.15) is 30.1 Å². The lowest BCUT2D eigenvalue weighted by Gasteiger charge is -2.13. The van der Waals surface area contributed by atoms with Gasteiger partial charge in [-0.25, -0.2) is 14.0 Å².